The summed E-state index contributed by atoms with van der Waals surface area (Å²) in [6.07, 6.45) is 4.50. The van der Waals surface area contributed by atoms with Gasteiger partial charge in [-0.2, -0.15) is 0 Å². The van der Waals surface area contributed by atoms with Crippen molar-refractivity contribution in [3.63, 3.8) is 0 Å². The first-order valence-electron chi connectivity index (χ1n) is 7.76. The highest BCUT2D eigenvalue weighted by molar-refractivity contribution is 6.04. The highest BCUT2D eigenvalue weighted by Gasteiger charge is 2.39. The van der Waals surface area contributed by atoms with E-state index in [1.54, 1.807) is 17.2 Å². The minimum atomic E-state index is -0.172. The standard InChI is InChI=1S/C16H21N3O3/c1-2-4-16(10-20)5-7-19(9-16)15(22)11-3-6-17-14-12(11)8-13(21)18-14/h3,6,20H,2,4-5,7-10H2,1H3,(H,17,18,21). The molecule has 0 spiro atoms. The SMILES string of the molecule is CCCC1(CO)CCN(C(=O)c2ccnc3c2CC(=O)N3)C1. The molecule has 22 heavy (non-hydrogen) atoms. The summed E-state index contributed by atoms with van der Waals surface area (Å²) in [5, 5.41) is 12.4. The number of aromatic nitrogens is 1. The van der Waals surface area contributed by atoms with Crippen LogP contribution in [0.2, 0.25) is 0 Å². The van der Waals surface area contributed by atoms with Crippen LogP contribution in [0.5, 0.6) is 0 Å². The number of nitrogens with one attached hydrogen (secondary N) is 1. The van der Waals surface area contributed by atoms with Crippen molar-refractivity contribution in [2.75, 3.05) is 25.0 Å². The lowest BCUT2D eigenvalue weighted by atomic mass is 9.83. The zero-order valence-electron chi connectivity index (χ0n) is 12.8. The molecule has 0 bridgehead atoms. The fourth-order valence-electron chi connectivity index (χ4n) is 3.54. The van der Waals surface area contributed by atoms with E-state index in [9.17, 15) is 14.7 Å². The average Bonchev–Trinajstić information content (AvgIpc) is 3.10. The summed E-state index contributed by atoms with van der Waals surface area (Å²) in [6, 6.07) is 1.68. The molecule has 0 radical (unpaired) electrons. The van der Waals surface area contributed by atoms with Crippen LogP contribution >= 0.6 is 0 Å². The van der Waals surface area contributed by atoms with E-state index in [0.29, 0.717) is 30.0 Å². The van der Waals surface area contributed by atoms with Crippen molar-refractivity contribution < 1.29 is 14.7 Å². The van der Waals surface area contributed by atoms with E-state index in [1.165, 1.54) is 0 Å². The third-order valence-electron chi connectivity index (χ3n) is 4.72. The summed E-state index contributed by atoms with van der Waals surface area (Å²) in [7, 11) is 0. The summed E-state index contributed by atoms with van der Waals surface area (Å²) in [5.41, 5.74) is 1.07. The Bertz CT molecular complexity index is 617. The summed E-state index contributed by atoms with van der Waals surface area (Å²) in [6.45, 7) is 3.43. The first kappa shape index (κ1) is 15.0. The van der Waals surface area contributed by atoms with Crippen LogP contribution in [0.15, 0.2) is 12.3 Å². The molecule has 3 rings (SSSR count). The van der Waals surface area contributed by atoms with Crippen molar-refractivity contribution in [1.29, 1.82) is 0 Å². The van der Waals surface area contributed by atoms with Crippen molar-refractivity contribution in [3.8, 4) is 0 Å². The quantitative estimate of drug-likeness (QED) is 0.875. The molecule has 1 aromatic heterocycles. The Labute approximate surface area is 129 Å². The van der Waals surface area contributed by atoms with Gasteiger partial charge in [-0.25, -0.2) is 4.98 Å². The van der Waals surface area contributed by atoms with Gasteiger partial charge in [0, 0.05) is 35.8 Å². The van der Waals surface area contributed by atoms with Crippen LogP contribution in [0.1, 0.15) is 42.1 Å². The van der Waals surface area contributed by atoms with E-state index >= 15 is 0 Å². The maximum atomic E-state index is 12.8. The number of rotatable bonds is 4. The molecule has 1 aromatic rings. The average molecular weight is 303 g/mol. The number of pyridine rings is 1. The van der Waals surface area contributed by atoms with Gasteiger partial charge in [-0.05, 0) is 18.9 Å². The number of amides is 2. The maximum absolute atomic E-state index is 12.8. The third kappa shape index (κ3) is 2.47. The molecule has 0 aromatic carbocycles. The van der Waals surface area contributed by atoms with Crippen LogP contribution in [-0.4, -0.2) is 46.5 Å². The van der Waals surface area contributed by atoms with Crippen LogP contribution in [0.25, 0.3) is 0 Å². The Balaban J connectivity index is 1.82. The molecular formula is C16H21N3O3. The highest BCUT2D eigenvalue weighted by atomic mass is 16.3. The number of fused-ring (bicyclic) bond motifs is 1. The van der Waals surface area contributed by atoms with E-state index in [2.05, 4.69) is 17.2 Å². The van der Waals surface area contributed by atoms with Crippen molar-refractivity contribution in [2.45, 2.75) is 32.6 Å². The zero-order valence-corrected chi connectivity index (χ0v) is 12.8. The summed E-state index contributed by atoms with van der Waals surface area (Å²) in [5.74, 6) is 0.304. The second-order valence-corrected chi connectivity index (χ2v) is 6.30. The van der Waals surface area contributed by atoms with E-state index in [1.807, 2.05) is 0 Å². The van der Waals surface area contributed by atoms with Crippen molar-refractivity contribution in [2.24, 2.45) is 5.41 Å². The van der Waals surface area contributed by atoms with Gasteiger partial charge < -0.3 is 15.3 Å². The van der Waals surface area contributed by atoms with Crippen LogP contribution < -0.4 is 5.32 Å². The highest BCUT2D eigenvalue weighted by Crippen LogP contribution is 2.36. The summed E-state index contributed by atoms with van der Waals surface area (Å²) >= 11 is 0. The second-order valence-electron chi connectivity index (χ2n) is 6.30. The number of carbonyl (C=O) groups is 2. The fourth-order valence-corrected chi connectivity index (χ4v) is 3.54. The van der Waals surface area contributed by atoms with Gasteiger partial charge in [0.15, 0.2) is 0 Å². The zero-order chi connectivity index (χ0) is 15.7. The topological polar surface area (TPSA) is 82.5 Å². The van der Waals surface area contributed by atoms with Crippen LogP contribution in [-0.2, 0) is 11.2 Å². The lowest BCUT2D eigenvalue weighted by Crippen LogP contribution is -2.34. The minimum absolute atomic E-state index is 0.0680. The molecule has 118 valence electrons. The molecule has 3 heterocycles. The fraction of sp³-hybridized carbons (Fsp3) is 0.562. The molecule has 6 heteroatoms. The lowest BCUT2D eigenvalue weighted by molar-refractivity contribution is -0.115. The van der Waals surface area contributed by atoms with Gasteiger partial charge >= 0.3 is 0 Å². The van der Waals surface area contributed by atoms with Crippen LogP contribution in [0.3, 0.4) is 0 Å². The van der Waals surface area contributed by atoms with E-state index < -0.39 is 0 Å². The normalized spacial score (nSPS) is 23.5. The monoisotopic (exact) mass is 303 g/mol. The first-order chi connectivity index (χ1) is 10.6. The Kier molecular flexibility index (Phi) is 3.87. The molecule has 1 fully saturated rings. The molecule has 1 unspecified atom stereocenters. The van der Waals surface area contributed by atoms with E-state index in [-0.39, 0.29) is 30.3 Å². The molecule has 2 N–H and O–H groups in total. The molecule has 1 atom stereocenters. The van der Waals surface area contributed by atoms with E-state index in [4.69, 9.17) is 0 Å². The molecule has 2 aliphatic heterocycles. The number of hydrogen-bond donors (Lipinski definition) is 2. The number of carbonyl (C=O) groups excluding carboxylic acids is 2. The van der Waals surface area contributed by atoms with Gasteiger partial charge in [0.05, 0.1) is 13.0 Å². The van der Waals surface area contributed by atoms with E-state index in [0.717, 1.165) is 19.3 Å². The number of anilines is 1. The predicted octanol–water partition coefficient (Wildman–Crippen LogP) is 1.20. The predicted molar refractivity (Wildman–Crippen MR) is 81.5 cm³/mol. The molecule has 0 saturated carbocycles. The molecule has 2 amide bonds. The molecule has 2 aliphatic rings. The second kappa shape index (κ2) is 5.68. The van der Waals surface area contributed by atoms with Crippen LogP contribution in [0.4, 0.5) is 5.82 Å². The summed E-state index contributed by atoms with van der Waals surface area (Å²) < 4.78 is 0. The number of hydrogen-bond acceptors (Lipinski definition) is 4. The Morgan fingerprint density at radius 3 is 3.09 bits per heavy atom. The molecule has 1 saturated heterocycles. The van der Waals surface area contributed by atoms with Gasteiger partial charge in [-0.3, -0.25) is 9.59 Å². The van der Waals surface area contributed by atoms with Gasteiger partial charge in [0.2, 0.25) is 5.91 Å². The van der Waals surface area contributed by atoms with Gasteiger partial charge in [0.1, 0.15) is 5.82 Å². The number of aliphatic hydroxyl groups excluding tert-OH is 1. The number of likely N-dealkylation sites (tertiary alicyclic amines) is 1. The van der Waals surface area contributed by atoms with Crippen molar-refractivity contribution >= 4 is 17.6 Å². The molecule has 0 aliphatic carbocycles. The lowest BCUT2D eigenvalue weighted by Gasteiger charge is -2.26. The Morgan fingerprint density at radius 1 is 1.55 bits per heavy atom. The van der Waals surface area contributed by atoms with Crippen molar-refractivity contribution in [3.05, 3.63) is 23.4 Å². The summed E-state index contributed by atoms with van der Waals surface area (Å²) in [4.78, 5) is 30.2. The Morgan fingerprint density at radius 2 is 2.36 bits per heavy atom. The minimum Gasteiger partial charge on any atom is -0.396 e. The number of nitrogens with zero attached hydrogens (tertiary/aromatic N) is 2. The largest absolute Gasteiger partial charge is 0.396 e. The molecular weight excluding hydrogens is 282 g/mol. The van der Waals surface area contributed by atoms with Gasteiger partial charge in [-0.1, -0.05) is 13.3 Å². The van der Waals surface area contributed by atoms with Crippen LogP contribution in [0, 0.1) is 5.41 Å². The van der Waals surface area contributed by atoms with Gasteiger partial charge in [0.25, 0.3) is 5.91 Å². The first-order valence-corrected chi connectivity index (χ1v) is 7.76. The Hall–Kier alpha value is -1.95. The molecule has 6 nitrogen and oxygen atoms in total. The number of aliphatic hydroxyl groups is 1. The van der Waals surface area contributed by atoms with Gasteiger partial charge in [-0.15, -0.1) is 0 Å². The third-order valence-corrected chi connectivity index (χ3v) is 4.72. The smallest absolute Gasteiger partial charge is 0.254 e. The van der Waals surface area contributed by atoms with Crippen molar-refractivity contribution in [1.82, 2.24) is 9.88 Å². The maximum Gasteiger partial charge on any atom is 0.254 e.